The number of hydrogen-bond acceptors (Lipinski definition) is 4. The van der Waals surface area contributed by atoms with E-state index >= 15 is 0 Å². The summed E-state index contributed by atoms with van der Waals surface area (Å²) < 4.78 is 11.8. The molecule has 0 aliphatic carbocycles. The van der Waals surface area contributed by atoms with Crippen LogP contribution in [-0.2, 0) is 6.54 Å². The maximum atomic E-state index is 5.98. The molecule has 0 N–H and O–H groups in total. The predicted octanol–water partition coefficient (Wildman–Crippen LogP) is 5.20. The molecule has 0 amide bonds. The summed E-state index contributed by atoms with van der Waals surface area (Å²) in [5, 5.41) is 0. The molecule has 0 unspecified atom stereocenters. The van der Waals surface area contributed by atoms with Crippen LogP contribution in [0, 0.1) is 0 Å². The van der Waals surface area contributed by atoms with E-state index in [1.165, 1.54) is 11.3 Å². The number of anilines is 1. The van der Waals surface area contributed by atoms with Crippen LogP contribution in [-0.4, -0.2) is 37.7 Å². The summed E-state index contributed by atoms with van der Waals surface area (Å²) in [5.41, 5.74) is 2.48. The third kappa shape index (κ3) is 5.09. The van der Waals surface area contributed by atoms with Crippen LogP contribution in [0.3, 0.4) is 0 Å². The molecule has 1 saturated heterocycles. The van der Waals surface area contributed by atoms with E-state index in [1.54, 1.807) is 0 Å². The molecule has 4 heteroatoms. The number of para-hydroxylation sites is 3. The predicted molar refractivity (Wildman–Crippen MR) is 118 cm³/mol. The maximum absolute atomic E-state index is 5.98. The molecule has 1 aliphatic rings. The zero-order valence-corrected chi connectivity index (χ0v) is 17.0. The zero-order chi connectivity index (χ0) is 19.9. The summed E-state index contributed by atoms with van der Waals surface area (Å²) >= 11 is 0. The Bertz CT molecular complexity index is 905. The van der Waals surface area contributed by atoms with Crippen molar-refractivity contribution in [1.82, 2.24) is 4.90 Å². The average Bonchev–Trinajstić information content (AvgIpc) is 2.76. The molecule has 0 saturated carbocycles. The SMILES string of the molecule is CCOc1ccccc1N1CCN(Cc2cccc(Oc3ccccc3)c2)CC1. The Morgan fingerprint density at radius 2 is 1.48 bits per heavy atom. The summed E-state index contributed by atoms with van der Waals surface area (Å²) in [5.74, 6) is 2.73. The minimum atomic E-state index is 0.693. The van der Waals surface area contributed by atoms with Gasteiger partial charge in [0.1, 0.15) is 17.2 Å². The summed E-state index contributed by atoms with van der Waals surface area (Å²) in [6.07, 6.45) is 0. The molecule has 0 spiro atoms. The Kier molecular flexibility index (Phi) is 6.32. The van der Waals surface area contributed by atoms with Gasteiger partial charge in [0.15, 0.2) is 0 Å². The number of rotatable bonds is 7. The maximum Gasteiger partial charge on any atom is 0.142 e. The highest BCUT2D eigenvalue weighted by Gasteiger charge is 2.19. The summed E-state index contributed by atoms with van der Waals surface area (Å²) in [7, 11) is 0. The highest BCUT2D eigenvalue weighted by molar-refractivity contribution is 5.58. The molecule has 0 atom stereocenters. The van der Waals surface area contributed by atoms with Gasteiger partial charge in [-0.15, -0.1) is 0 Å². The van der Waals surface area contributed by atoms with Crippen LogP contribution < -0.4 is 14.4 Å². The first-order valence-corrected chi connectivity index (χ1v) is 10.3. The second kappa shape index (κ2) is 9.48. The van der Waals surface area contributed by atoms with Crippen molar-refractivity contribution in [1.29, 1.82) is 0 Å². The molecule has 4 rings (SSSR count). The van der Waals surface area contributed by atoms with Crippen molar-refractivity contribution in [2.24, 2.45) is 0 Å². The van der Waals surface area contributed by atoms with E-state index in [2.05, 4.69) is 46.2 Å². The van der Waals surface area contributed by atoms with Gasteiger partial charge in [-0.3, -0.25) is 4.90 Å². The van der Waals surface area contributed by atoms with Gasteiger partial charge < -0.3 is 14.4 Å². The van der Waals surface area contributed by atoms with Gasteiger partial charge in [-0.1, -0.05) is 42.5 Å². The fourth-order valence-corrected chi connectivity index (χ4v) is 3.73. The minimum absolute atomic E-state index is 0.693. The lowest BCUT2D eigenvalue weighted by atomic mass is 10.1. The van der Waals surface area contributed by atoms with E-state index < -0.39 is 0 Å². The molecular formula is C25H28N2O2. The first-order valence-electron chi connectivity index (χ1n) is 10.3. The van der Waals surface area contributed by atoms with Crippen molar-refractivity contribution in [3.63, 3.8) is 0 Å². The van der Waals surface area contributed by atoms with Crippen LogP contribution in [0.15, 0.2) is 78.9 Å². The van der Waals surface area contributed by atoms with Crippen molar-refractivity contribution in [3.05, 3.63) is 84.4 Å². The molecule has 0 aromatic heterocycles. The number of hydrogen-bond donors (Lipinski definition) is 0. The molecule has 1 heterocycles. The van der Waals surface area contributed by atoms with Crippen LogP contribution in [0.2, 0.25) is 0 Å². The van der Waals surface area contributed by atoms with Gasteiger partial charge in [0, 0.05) is 32.7 Å². The Morgan fingerprint density at radius 3 is 2.28 bits per heavy atom. The van der Waals surface area contributed by atoms with Crippen LogP contribution in [0.1, 0.15) is 12.5 Å². The van der Waals surface area contributed by atoms with Gasteiger partial charge in [0.25, 0.3) is 0 Å². The first-order chi connectivity index (χ1) is 14.3. The standard InChI is InChI=1S/C25H28N2O2/c1-2-28-25-14-7-6-13-24(25)27-17-15-26(16-18-27)20-21-9-8-12-23(19-21)29-22-10-4-3-5-11-22/h3-14,19H,2,15-18,20H2,1H3. The van der Waals surface area contributed by atoms with E-state index in [0.717, 1.165) is 50.0 Å². The van der Waals surface area contributed by atoms with Crippen LogP contribution in [0.5, 0.6) is 17.2 Å². The van der Waals surface area contributed by atoms with E-state index in [-0.39, 0.29) is 0 Å². The lowest BCUT2D eigenvalue weighted by Gasteiger charge is -2.36. The molecule has 29 heavy (non-hydrogen) atoms. The Labute approximate surface area is 173 Å². The quantitative estimate of drug-likeness (QED) is 0.555. The molecule has 0 radical (unpaired) electrons. The fourth-order valence-electron chi connectivity index (χ4n) is 3.73. The Hall–Kier alpha value is -2.98. The van der Waals surface area contributed by atoms with Gasteiger partial charge in [-0.2, -0.15) is 0 Å². The molecule has 3 aromatic rings. The molecule has 1 fully saturated rings. The molecule has 150 valence electrons. The number of nitrogens with zero attached hydrogens (tertiary/aromatic N) is 2. The van der Waals surface area contributed by atoms with Gasteiger partial charge in [0.05, 0.1) is 12.3 Å². The second-order valence-electron chi connectivity index (χ2n) is 7.23. The van der Waals surface area contributed by atoms with E-state index in [1.807, 2.05) is 49.4 Å². The lowest BCUT2D eigenvalue weighted by molar-refractivity contribution is 0.248. The second-order valence-corrected chi connectivity index (χ2v) is 7.23. The van der Waals surface area contributed by atoms with Gasteiger partial charge in [-0.05, 0) is 48.9 Å². The molecular weight excluding hydrogens is 360 g/mol. The van der Waals surface area contributed by atoms with Crippen molar-refractivity contribution in [2.45, 2.75) is 13.5 Å². The highest BCUT2D eigenvalue weighted by atomic mass is 16.5. The van der Waals surface area contributed by atoms with Gasteiger partial charge in [-0.25, -0.2) is 0 Å². The molecule has 1 aliphatic heterocycles. The summed E-state index contributed by atoms with van der Waals surface area (Å²) in [4.78, 5) is 4.93. The minimum Gasteiger partial charge on any atom is -0.492 e. The summed E-state index contributed by atoms with van der Waals surface area (Å²) in [6, 6.07) is 26.7. The third-order valence-electron chi connectivity index (χ3n) is 5.16. The van der Waals surface area contributed by atoms with Gasteiger partial charge in [0.2, 0.25) is 0 Å². The van der Waals surface area contributed by atoms with Crippen molar-refractivity contribution in [3.8, 4) is 17.2 Å². The number of benzene rings is 3. The van der Waals surface area contributed by atoms with E-state index in [9.17, 15) is 0 Å². The number of ether oxygens (including phenoxy) is 2. The Morgan fingerprint density at radius 1 is 0.759 bits per heavy atom. The molecule has 3 aromatic carbocycles. The fraction of sp³-hybridized carbons (Fsp3) is 0.280. The van der Waals surface area contributed by atoms with Crippen LogP contribution in [0.4, 0.5) is 5.69 Å². The molecule has 0 bridgehead atoms. The largest absolute Gasteiger partial charge is 0.492 e. The van der Waals surface area contributed by atoms with Crippen molar-refractivity contribution < 1.29 is 9.47 Å². The van der Waals surface area contributed by atoms with E-state index in [0.29, 0.717) is 6.61 Å². The monoisotopic (exact) mass is 388 g/mol. The molecule has 4 nitrogen and oxygen atoms in total. The van der Waals surface area contributed by atoms with E-state index in [4.69, 9.17) is 9.47 Å². The Balaban J connectivity index is 1.35. The zero-order valence-electron chi connectivity index (χ0n) is 17.0. The highest BCUT2D eigenvalue weighted by Crippen LogP contribution is 2.29. The lowest BCUT2D eigenvalue weighted by Crippen LogP contribution is -2.46. The number of piperazine rings is 1. The smallest absolute Gasteiger partial charge is 0.142 e. The van der Waals surface area contributed by atoms with Crippen LogP contribution >= 0.6 is 0 Å². The van der Waals surface area contributed by atoms with Crippen LogP contribution in [0.25, 0.3) is 0 Å². The van der Waals surface area contributed by atoms with Gasteiger partial charge >= 0.3 is 0 Å². The van der Waals surface area contributed by atoms with Crippen molar-refractivity contribution >= 4 is 5.69 Å². The first kappa shape index (κ1) is 19.3. The topological polar surface area (TPSA) is 24.9 Å². The average molecular weight is 389 g/mol. The summed E-state index contributed by atoms with van der Waals surface area (Å²) in [6.45, 7) is 7.73. The van der Waals surface area contributed by atoms with Crippen molar-refractivity contribution in [2.75, 3.05) is 37.7 Å². The third-order valence-corrected chi connectivity index (χ3v) is 5.16. The normalized spacial score (nSPS) is 14.6.